The van der Waals surface area contributed by atoms with E-state index in [1.165, 1.54) is 6.42 Å². The molecule has 1 fully saturated rings. The summed E-state index contributed by atoms with van der Waals surface area (Å²) in [5.41, 5.74) is 1.21. The van der Waals surface area contributed by atoms with Crippen molar-refractivity contribution in [1.29, 1.82) is 0 Å². The number of carbonyl (C=O) groups is 2. The Kier molecular flexibility index (Phi) is 4.91. The van der Waals surface area contributed by atoms with Crippen molar-refractivity contribution in [2.45, 2.75) is 38.6 Å². The standard InChI is InChI=1S/C19H21N2O2/c22-18(15-7-3-1-4-8-15)14-21-12-11-20-13-17(21)19(23)16-9-5-2-6-10-16/h1,3-4,7-8,11-13,16H,2,5-6,9-10,14H2/q+1. The molecule has 0 atom stereocenters. The molecule has 0 amide bonds. The molecule has 0 unspecified atom stereocenters. The predicted molar refractivity (Wildman–Crippen MR) is 86.1 cm³/mol. The highest BCUT2D eigenvalue weighted by atomic mass is 16.1. The lowest BCUT2D eigenvalue weighted by Crippen LogP contribution is -2.45. The van der Waals surface area contributed by atoms with Crippen molar-refractivity contribution in [3.63, 3.8) is 0 Å². The van der Waals surface area contributed by atoms with E-state index in [0.29, 0.717) is 11.3 Å². The molecule has 1 saturated carbocycles. The molecule has 0 aliphatic heterocycles. The molecule has 0 radical (unpaired) electrons. The SMILES string of the molecule is O=C(C[n+]1ccncc1C(=O)C1CCCCC1)c1ccccc1. The lowest BCUT2D eigenvalue weighted by molar-refractivity contribution is -0.685. The number of aromatic nitrogens is 2. The second-order valence-electron chi connectivity index (χ2n) is 6.08. The molecule has 1 aromatic carbocycles. The van der Waals surface area contributed by atoms with Gasteiger partial charge in [0.05, 0.1) is 6.20 Å². The number of benzene rings is 1. The van der Waals surface area contributed by atoms with E-state index in [9.17, 15) is 9.59 Å². The summed E-state index contributed by atoms with van der Waals surface area (Å²) < 4.78 is 1.74. The summed E-state index contributed by atoms with van der Waals surface area (Å²) in [6.07, 6.45) is 10.3. The first-order chi connectivity index (χ1) is 11.3. The second-order valence-corrected chi connectivity index (χ2v) is 6.08. The summed E-state index contributed by atoms with van der Waals surface area (Å²) in [5, 5.41) is 0. The number of nitrogens with zero attached hydrogens (tertiary/aromatic N) is 2. The first-order valence-corrected chi connectivity index (χ1v) is 8.21. The van der Waals surface area contributed by atoms with Crippen molar-refractivity contribution < 1.29 is 14.2 Å². The van der Waals surface area contributed by atoms with Gasteiger partial charge in [-0.05, 0) is 12.8 Å². The lowest BCUT2D eigenvalue weighted by atomic mass is 9.85. The monoisotopic (exact) mass is 309 g/mol. The highest BCUT2D eigenvalue weighted by molar-refractivity contribution is 5.96. The van der Waals surface area contributed by atoms with Gasteiger partial charge in [-0.15, -0.1) is 0 Å². The molecule has 23 heavy (non-hydrogen) atoms. The maximum Gasteiger partial charge on any atom is 0.267 e. The van der Waals surface area contributed by atoms with Crippen LogP contribution in [0.3, 0.4) is 0 Å². The van der Waals surface area contributed by atoms with Gasteiger partial charge in [0, 0.05) is 11.5 Å². The molecule has 0 bridgehead atoms. The van der Waals surface area contributed by atoms with Gasteiger partial charge < -0.3 is 0 Å². The molecule has 1 aliphatic carbocycles. The van der Waals surface area contributed by atoms with Gasteiger partial charge in [0.25, 0.3) is 5.69 Å². The van der Waals surface area contributed by atoms with Gasteiger partial charge in [-0.2, -0.15) is 4.57 Å². The van der Waals surface area contributed by atoms with Crippen LogP contribution in [0.5, 0.6) is 0 Å². The van der Waals surface area contributed by atoms with Crippen LogP contribution in [0.4, 0.5) is 0 Å². The van der Waals surface area contributed by atoms with Crippen molar-refractivity contribution >= 4 is 11.6 Å². The molecule has 0 N–H and O–H groups in total. The Labute approximate surface area is 136 Å². The van der Waals surface area contributed by atoms with Crippen molar-refractivity contribution in [2.75, 3.05) is 0 Å². The largest absolute Gasteiger partial charge is 0.287 e. The average Bonchev–Trinajstić information content (AvgIpc) is 2.63. The summed E-state index contributed by atoms with van der Waals surface area (Å²) >= 11 is 0. The molecule has 2 aromatic rings. The molecule has 1 aliphatic rings. The Balaban J connectivity index is 1.80. The van der Waals surface area contributed by atoms with Crippen LogP contribution in [0.2, 0.25) is 0 Å². The van der Waals surface area contributed by atoms with Gasteiger partial charge in [0.15, 0.2) is 6.20 Å². The van der Waals surface area contributed by atoms with E-state index < -0.39 is 0 Å². The van der Waals surface area contributed by atoms with Crippen LogP contribution in [0.15, 0.2) is 48.9 Å². The Morgan fingerprint density at radius 2 is 1.83 bits per heavy atom. The second kappa shape index (κ2) is 7.27. The molecular formula is C19H21N2O2+. The van der Waals surface area contributed by atoms with E-state index in [1.54, 1.807) is 35.3 Å². The highest BCUT2D eigenvalue weighted by Crippen LogP contribution is 2.25. The Bertz CT molecular complexity index is 692. The number of rotatable bonds is 5. The zero-order valence-corrected chi connectivity index (χ0v) is 13.1. The molecule has 0 spiro atoms. The first kappa shape index (κ1) is 15.5. The minimum atomic E-state index is -0.000468. The number of ketones is 2. The van der Waals surface area contributed by atoms with E-state index >= 15 is 0 Å². The fraction of sp³-hybridized carbons (Fsp3) is 0.368. The van der Waals surface area contributed by atoms with Gasteiger partial charge in [-0.3, -0.25) is 14.6 Å². The molecule has 4 heteroatoms. The quantitative estimate of drug-likeness (QED) is 0.630. The molecule has 0 saturated heterocycles. The van der Waals surface area contributed by atoms with E-state index in [0.717, 1.165) is 25.7 Å². The maximum absolute atomic E-state index is 12.8. The van der Waals surface area contributed by atoms with Crippen molar-refractivity contribution in [3.8, 4) is 0 Å². The fourth-order valence-electron chi connectivity index (χ4n) is 3.17. The Morgan fingerprint density at radius 1 is 1.09 bits per heavy atom. The number of carbonyl (C=O) groups excluding carboxylic acids is 2. The molecular weight excluding hydrogens is 288 g/mol. The predicted octanol–water partition coefficient (Wildman–Crippen LogP) is 3.02. The first-order valence-electron chi connectivity index (χ1n) is 8.21. The van der Waals surface area contributed by atoms with E-state index in [1.807, 2.05) is 18.2 Å². The van der Waals surface area contributed by atoms with E-state index in [2.05, 4.69) is 4.98 Å². The molecule has 3 rings (SSSR count). The molecule has 4 nitrogen and oxygen atoms in total. The summed E-state index contributed by atoms with van der Waals surface area (Å²) in [6, 6.07) is 9.17. The van der Waals surface area contributed by atoms with Crippen molar-refractivity contribution in [3.05, 3.63) is 60.2 Å². The highest BCUT2D eigenvalue weighted by Gasteiger charge is 2.29. The third-order valence-electron chi connectivity index (χ3n) is 4.48. The topological polar surface area (TPSA) is 50.9 Å². The number of Topliss-reactive ketones (excluding diaryl/α,β-unsaturated/α-hetero) is 2. The van der Waals surface area contributed by atoms with Crippen LogP contribution in [0.1, 0.15) is 53.0 Å². The fourth-order valence-corrected chi connectivity index (χ4v) is 3.17. The lowest BCUT2D eigenvalue weighted by Gasteiger charge is -2.18. The zero-order valence-electron chi connectivity index (χ0n) is 13.1. The van der Waals surface area contributed by atoms with E-state index in [-0.39, 0.29) is 24.0 Å². The third-order valence-corrected chi connectivity index (χ3v) is 4.48. The van der Waals surface area contributed by atoms with Gasteiger partial charge >= 0.3 is 0 Å². The van der Waals surface area contributed by atoms with E-state index in [4.69, 9.17) is 0 Å². The number of hydrogen-bond acceptors (Lipinski definition) is 3. The van der Waals surface area contributed by atoms with Crippen LogP contribution in [0, 0.1) is 5.92 Å². The Morgan fingerprint density at radius 3 is 2.57 bits per heavy atom. The van der Waals surface area contributed by atoms with Gasteiger partial charge in [-0.25, -0.2) is 0 Å². The van der Waals surface area contributed by atoms with Crippen molar-refractivity contribution in [2.24, 2.45) is 5.92 Å². The smallest absolute Gasteiger partial charge is 0.267 e. The minimum Gasteiger partial charge on any atom is -0.287 e. The summed E-state index contributed by atoms with van der Waals surface area (Å²) in [5.74, 6) is 0.198. The molecule has 1 aromatic heterocycles. The summed E-state index contributed by atoms with van der Waals surface area (Å²) in [4.78, 5) is 29.3. The average molecular weight is 309 g/mol. The molecule has 118 valence electrons. The Hall–Kier alpha value is -2.36. The van der Waals surface area contributed by atoms with Crippen LogP contribution in [-0.4, -0.2) is 16.6 Å². The van der Waals surface area contributed by atoms with Gasteiger partial charge in [-0.1, -0.05) is 49.6 Å². The summed E-state index contributed by atoms with van der Waals surface area (Å²) in [7, 11) is 0. The maximum atomic E-state index is 12.8. The van der Waals surface area contributed by atoms with Gasteiger partial charge in [0.2, 0.25) is 18.1 Å². The normalized spacial score (nSPS) is 15.3. The number of hydrogen-bond donors (Lipinski definition) is 0. The summed E-state index contributed by atoms with van der Waals surface area (Å²) in [6.45, 7) is 0.167. The van der Waals surface area contributed by atoms with Crippen LogP contribution in [-0.2, 0) is 6.54 Å². The minimum absolute atomic E-state index is 0.000468. The van der Waals surface area contributed by atoms with Gasteiger partial charge in [0.1, 0.15) is 6.20 Å². The van der Waals surface area contributed by atoms with Crippen LogP contribution >= 0.6 is 0 Å². The zero-order chi connectivity index (χ0) is 16.1. The van der Waals surface area contributed by atoms with Crippen LogP contribution < -0.4 is 4.57 Å². The molecule has 1 heterocycles. The van der Waals surface area contributed by atoms with Crippen molar-refractivity contribution in [1.82, 2.24) is 4.98 Å². The van der Waals surface area contributed by atoms with Crippen LogP contribution in [0.25, 0.3) is 0 Å². The third kappa shape index (κ3) is 3.70.